The topological polar surface area (TPSA) is 0 Å². The summed E-state index contributed by atoms with van der Waals surface area (Å²) in [6.07, 6.45) is 4.28. The molecule has 0 nitrogen and oxygen atoms in total. The van der Waals surface area contributed by atoms with Gasteiger partial charge >= 0.3 is 0 Å². The summed E-state index contributed by atoms with van der Waals surface area (Å²) in [7, 11) is 0. The molecule has 0 fully saturated rings. The molecule has 0 spiro atoms. The van der Waals surface area contributed by atoms with Gasteiger partial charge in [-0.05, 0) is 30.9 Å². The number of benzene rings is 1. The van der Waals surface area contributed by atoms with Gasteiger partial charge < -0.3 is 0 Å². The first-order valence-electron chi connectivity index (χ1n) is 4.88. The smallest absolute Gasteiger partial charge is 0.0213 e. The van der Waals surface area contributed by atoms with Crippen molar-refractivity contribution in [3.05, 3.63) is 41.0 Å². The van der Waals surface area contributed by atoms with E-state index in [0.29, 0.717) is 5.92 Å². The molecule has 0 saturated heterocycles. The largest absolute Gasteiger partial charge is 0.0871 e. The van der Waals surface area contributed by atoms with Crippen LogP contribution < -0.4 is 0 Å². The quantitative estimate of drug-likeness (QED) is 0.631. The lowest BCUT2D eigenvalue weighted by molar-refractivity contribution is 0.863. The first-order valence-corrected chi connectivity index (χ1v) is 4.88. The summed E-state index contributed by atoms with van der Waals surface area (Å²) in [6.45, 7) is 8.67. The molecule has 1 rings (SSSR count). The third-order valence-electron chi connectivity index (χ3n) is 2.21. The zero-order valence-corrected chi connectivity index (χ0v) is 8.96. The van der Waals surface area contributed by atoms with Gasteiger partial charge in [0, 0.05) is 0 Å². The molecule has 0 saturated carbocycles. The Kier molecular flexibility index (Phi) is 3.30. The van der Waals surface area contributed by atoms with Crippen molar-refractivity contribution in [2.24, 2.45) is 0 Å². The van der Waals surface area contributed by atoms with Gasteiger partial charge in [0.25, 0.3) is 0 Å². The second kappa shape index (κ2) is 4.27. The standard InChI is InChI=1S/C13H18/c1-5-6-12-9-11(4)7-8-13(12)10(2)3/h5-10H,1-4H3. The van der Waals surface area contributed by atoms with Crippen molar-refractivity contribution in [2.45, 2.75) is 33.6 Å². The van der Waals surface area contributed by atoms with E-state index >= 15 is 0 Å². The molecule has 13 heavy (non-hydrogen) atoms. The van der Waals surface area contributed by atoms with Crippen LogP contribution in [-0.2, 0) is 0 Å². The molecule has 0 amide bonds. The monoisotopic (exact) mass is 174 g/mol. The Hall–Kier alpha value is -1.04. The Morgan fingerprint density at radius 3 is 2.46 bits per heavy atom. The van der Waals surface area contributed by atoms with Crippen LogP contribution in [0.15, 0.2) is 24.3 Å². The Bertz CT molecular complexity index is 306. The number of hydrogen-bond acceptors (Lipinski definition) is 0. The molecule has 0 atom stereocenters. The van der Waals surface area contributed by atoms with Gasteiger partial charge in [0.15, 0.2) is 0 Å². The maximum atomic E-state index is 2.25. The van der Waals surface area contributed by atoms with E-state index < -0.39 is 0 Å². The van der Waals surface area contributed by atoms with Crippen molar-refractivity contribution in [2.75, 3.05) is 0 Å². The van der Waals surface area contributed by atoms with E-state index in [1.54, 1.807) is 0 Å². The van der Waals surface area contributed by atoms with Crippen LogP contribution in [0.3, 0.4) is 0 Å². The molecule has 1 aromatic rings. The van der Waals surface area contributed by atoms with Gasteiger partial charge in [-0.15, -0.1) is 0 Å². The maximum Gasteiger partial charge on any atom is -0.0213 e. The number of hydrogen-bond donors (Lipinski definition) is 0. The number of aryl methyl sites for hydroxylation is 1. The summed E-state index contributed by atoms with van der Waals surface area (Å²) >= 11 is 0. The number of allylic oxidation sites excluding steroid dienone is 1. The SMILES string of the molecule is CC=Cc1cc(C)ccc1C(C)C. The summed E-state index contributed by atoms with van der Waals surface area (Å²) in [5.74, 6) is 0.604. The summed E-state index contributed by atoms with van der Waals surface area (Å²) in [5, 5.41) is 0. The highest BCUT2D eigenvalue weighted by Gasteiger charge is 2.03. The molecular formula is C13H18. The molecule has 0 N–H and O–H groups in total. The van der Waals surface area contributed by atoms with Crippen LogP contribution in [0.25, 0.3) is 6.08 Å². The molecule has 1 aromatic carbocycles. The van der Waals surface area contributed by atoms with E-state index in [-0.39, 0.29) is 0 Å². The molecule has 70 valence electrons. The van der Waals surface area contributed by atoms with E-state index in [1.165, 1.54) is 16.7 Å². The van der Waals surface area contributed by atoms with Crippen LogP contribution in [0, 0.1) is 6.92 Å². The highest BCUT2D eigenvalue weighted by atomic mass is 14.1. The van der Waals surface area contributed by atoms with E-state index in [1.807, 2.05) is 0 Å². The van der Waals surface area contributed by atoms with Crippen LogP contribution in [0.2, 0.25) is 0 Å². The summed E-state index contributed by atoms with van der Waals surface area (Å²) in [6, 6.07) is 6.66. The minimum absolute atomic E-state index is 0.604. The predicted octanol–water partition coefficient (Wildman–Crippen LogP) is 4.15. The Labute approximate surface area is 81.3 Å². The second-order valence-electron chi connectivity index (χ2n) is 3.79. The first-order chi connectivity index (χ1) is 6.15. The molecule has 0 heterocycles. The van der Waals surface area contributed by atoms with Gasteiger partial charge in [0.05, 0.1) is 0 Å². The summed E-state index contributed by atoms with van der Waals surface area (Å²) in [5.41, 5.74) is 4.12. The third-order valence-corrected chi connectivity index (χ3v) is 2.21. The van der Waals surface area contributed by atoms with E-state index in [2.05, 4.69) is 58.0 Å². The van der Waals surface area contributed by atoms with Gasteiger partial charge in [0.1, 0.15) is 0 Å². The third kappa shape index (κ3) is 2.45. The van der Waals surface area contributed by atoms with Crippen molar-refractivity contribution < 1.29 is 0 Å². The second-order valence-corrected chi connectivity index (χ2v) is 3.79. The first kappa shape index (κ1) is 10.0. The lowest BCUT2D eigenvalue weighted by Gasteiger charge is -2.10. The van der Waals surface area contributed by atoms with Crippen molar-refractivity contribution >= 4 is 6.08 Å². The molecule has 0 unspecified atom stereocenters. The van der Waals surface area contributed by atoms with Gasteiger partial charge in [-0.2, -0.15) is 0 Å². The highest BCUT2D eigenvalue weighted by Crippen LogP contribution is 2.21. The Balaban J connectivity index is 3.18. The average molecular weight is 174 g/mol. The van der Waals surface area contributed by atoms with Crippen molar-refractivity contribution in [3.63, 3.8) is 0 Å². The average Bonchev–Trinajstić information content (AvgIpc) is 2.04. The van der Waals surface area contributed by atoms with Crippen LogP contribution in [0.5, 0.6) is 0 Å². The van der Waals surface area contributed by atoms with Crippen LogP contribution >= 0.6 is 0 Å². The molecule has 0 aliphatic rings. The normalized spacial score (nSPS) is 11.5. The van der Waals surface area contributed by atoms with Crippen LogP contribution in [0.4, 0.5) is 0 Å². The van der Waals surface area contributed by atoms with Crippen molar-refractivity contribution in [3.8, 4) is 0 Å². The maximum absolute atomic E-state index is 2.25. The molecule has 0 aliphatic heterocycles. The zero-order valence-electron chi connectivity index (χ0n) is 8.96. The Morgan fingerprint density at radius 1 is 1.23 bits per heavy atom. The molecule has 0 heteroatoms. The van der Waals surface area contributed by atoms with Crippen LogP contribution in [0.1, 0.15) is 43.4 Å². The minimum atomic E-state index is 0.604. The Morgan fingerprint density at radius 2 is 1.92 bits per heavy atom. The van der Waals surface area contributed by atoms with Gasteiger partial charge in [0.2, 0.25) is 0 Å². The fourth-order valence-corrected chi connectivity index (χ4v) is 1.54. The minimum Gasteiger partial charge on any atom is -0.0871 e. The van der Waals surface area contributed by atoms with E-state index in [9.17, 15) is 0 Å². The predicted molar refractivity (Wildman–Crippen MR) is 60.0 cm³/mol. The molecule has 0 aliphatic carbocycles. The van der Waals surface area contributed by atoms with Crippen molar-refractivity contribution in [1.82, 2.24) is 0 Å². The van der Waals surface area contributed by atoms with Gasteiger partial charge in [-0.3, -0.25) is 0 Å². The molecular weight excluding hydrogens is 156 g/mol. The molecule has 0 bridgehead atoms. The lowest BCUT2D eigenvalue weighted by atomic mass is 9.95. The fraction of sp³-hybridized carbons (Fsp3) is 0.385. The van der Waals surface area contributed by atoms with Gasteiger partial charge in [-0.1, -0.05) is 49.8 Å². The molecule has 0 radical (unpaired) electrons. The van der Waals surface area contributed by atoms with E-state index in [0.717, 1.165) is 0 Å². The van der Waals surface area contributed by atoms with Gasteiger partial charge in [-0.25, -0.2) is 0 Å². The lowest BCUT2D eigenvalue weighted by Crippen LogP contribution is -1.92. The van der Waals surface area contributed by atoms with Crippen molar-refractivity contribution in [1.29, 1.82) is 0 Å². The van der Waals surface area contributed by atoms with Crippen LogP contribution in [-0.4, -0.2) is 0 Å². The highest BCUT2D eigenvalue weighted by molar-refractivity contribution is 5.55. The fourth-order valence-electron chi connectivity index (χ4n) is 1.54. The summed E-state index contributed by atoms with van der Waals surface area (Å²) in [4.78, 5) is 0. The van der Waals surface area contributed by atoms with E-state index in [4.69, 9.17) is 0 Å². The summed E-state index contributed by atoms with van der Waals surface area (Å²) < 4.78 is 0. The molecule has 0 aromatic heterocycles. The zero-order chi connectivity index (χ0) is 9.84. The number of rotatable bonds is 2.